The summed E-state index contributed by atoms with van der Waals surface area (Å²) in [5.74, 6) is 0.543. The number of rotatable bonds is 7. The number of sulfonamides is 1. The van der Waals surface area contributed by atoms with E-state index in [-0.39, 0.29) is 12.4 Å². The second kappa shape index (κ2) is 6.96. The van der Waals surface area contributed by atoms with Gasteiger partial charge in [0.05, 0.1) is 5.75 Å². The van der Waals surface area contributed by atoms with Gasteiger partial charge in [0.2, 0.25) is 10.0 Å². The van der Waals surface area contributed by atoms with Crippen LogP contribution in [0.2, 0.25) is 0 Å². The van der Waals surface area contributed by atoms with Crippen molar-refractivity contribution in [2.75, 3.05) is 18.9 Å². The molecule has 0 aliphatic heterocycles. The third kappa shape index (κ3) is 6.20. The smallest absolute Gasteiger partial charge is 0.210 e. The molecule has 0 aliphatic rings. The number of ether oxygens (including phenoxy) is 1. The van der Waals surface area contributed by atoms with Gasteiger partial charge in [-0.3, -0.25) is 0 Å². The Morgan fingerprint density at radius 2 is 2.00 bits per heavy atom. The molecule has 0 saturated heterocycles. The molecule has 1 rings (SSSR count). The number of nitriles is 1. The highest BCUT2D eigenvalue weighted by molar-refractivity contribution is 7.89. The van der Waals surface area contributed by atoms with Crippen LogP contribution in [0.5, 0.6) is 5.75 Å². The van der Waals surface area contributed by atoms with Crippen LogP contribution in [0.4, 0.5) is 0 Å². The summed E-state index contributed by atoms with van der Waals surface area (Å²) in [5.41, 5.74) is 0.994. The van der Waals surface area contributed by atoms with Crippen molar-refractivity contribution in [3.8, 4) is 11.8 Å². The maximum absolute atomic E-state index is 10.7. The molecular weight excluding hydrogens is 254 g/mol. The van der Waals surface area contributed by atoms with Gasteiger partial charge in [-0.1, -0.05) is 12.1 Å². The minimum absolute atomic E-state index is 0.0198. The molecule has 0 radical (unpaired) electrons. The van der Waals surface area contributed by atoms with E-state index in [1.165, 1.54) is 0 Å². The average Bonchev–Trinajstić information content (AvgIpc) is 2.32. The van der Waals surface area contributed by atoms with E-state index in [0.717, 1.165) is 5.56 Å². The molecule has 0 aromatic heterocycles. The van der Waals surface area contributed by atoms with Gasteiger partial charge < -0.3 is 10.1 Å². The molecule has 0 atom stereocenters. The normalized spacial score (nSPS) is 10.9. The van der Waals surface area contributed by atoms with E-state index >= 15 is 0 Å². The number of hydrogen-bond acceptors (Lipinski definition) is 5. The second-order valence-electron chi connectivity index (χ2n) is 3.63. The zero-order valence-electron chi connectivity index (χ0n) is 9.80. The number of nitrogens with one attached hydrogen (secondary N) is 1. The summed E-state index contributed by atoms with van der Waals surface area (Å²) >= 11 is 0. The molecule has 7 heteroatoms. The van der Waals surface area contributed by atoms with E-state index in [1.807, 2.05) is 18.2 Å². The maximum atomic E-state index is 10.7. The van der Waals surface area contributed by atoms with Crippen molar-refractivity contribution in [1.29, 1.82) is 5.26 Å². The first kappa shape index (κ1) is 14.4. The third-order valence-corrected chi connectivity index (χ3v) is 2.89. The van der Waals surface area contributed by atoms with Crippen LogP contribution in [-0.4, -0.2) is 27.3 Å². The third-order valence-electron chi connectivity index (χ3n) is 2.12. The van der Waals surface area contributed by atoms with E-state index < -0.39 is 10.0 Å². The predicted octanol–water partition coefficient (Wildman–Crippen LogP) is -0.0329. The van der Waals surface area contributed by atoms with E-state index in [2.05, 4.69) is 5.32 Å². The van der Waals surface area contributed by atoms with Crippen molar-refractivity contribution < 1.29 is 13.2 Å². The van der Waals surface area contributed by atoms with Gasteiger partial charge in [-0.2, -0.15) is 5.26 Å². The van der Waals surface area contributed by atoms with Gasteiger partial charge in [-0.05, 0) is 17.7 Å². The number of nitrogens with two attached hydrogens (primary N) is 1. The summed E-state index contributed by atoms with van der Waals surface area (Å²) in [6.45, 7) is 0.880. The van der Waals surface area contributed by atoms with Crippen LogP contribution in [0.15, 0.2) is 24.3 Å². The Balaban J connectivity index is 2.33. The van der Waals surface area contributed by atoms with Crippen LogP contribution >= 0.6 is 0 Å². The van der Waals surface area contributed by atoms with Gasteiger partial charge in [0, 0.05) is 13.1 Å². The summed E-state index contributed by atoms with van der Waals surface area (Å²) in [7, 11) is -3.41. The fourth-order valence-electron chi connectivity index (χ4n) is 1.27. The molecule has 1 aromatic rings. The van der Waals surface area contributed by atoms with Crippen LogP contribution in [-0.2, 0) is 16.6 Å². The lowest BCUT2D eigenvalue weighted by Gasteiger charge is -2.05. The second-order valence-corrected chi connectivity index (χ2v) is 5.37. The van der Waals surface area contributed by atoms with Crippen LogP contribution < -0.4 is 15.2 Å². The van der Waals surface area contributed by atoms with E-state index in [9.17, 15) is 8.42 Å². The fourth-order valence-corrected chi connectivity index (χ4v) is 1.70. The molecule has 3 N–H and O–H groups in total. The first-order valence-electron chi connectivity index (χ1n) is 5.31. The van der Waals surface area contributed by atoms with Gasteiger partial charge in [0.25, 0.3) is 0 Å². The molecule has 6 nitrogen and oxygen atoms in total. The van der Waals surface area contributed by atoms with Crippen LogP contribution in [0, 0.1) is 11.3 Å². The molecule has 18 heavy (non-hydrogen) atoms. The number of nitrogens with zero attached hydrogens (tertiary/aromatic N) is 1. The Kier molecular flexibility index (Phi) is 5.58. The van der Waals surface area contributed by atoms with E-state index in [1.54, 1.807) is 12.1 Å². The number of benzene rings is 1. The molecule has 0 aliphatic carbocycles. The van der Waals surface area contributed by atoms with Crippen LogP contribution in [0.3, 0.4) is 0 Å². The zero-order chi connectivity index (χ0) is 13.4. The highest BCUT2D eigenvalue weighted by Gasteiger charge is 2.01. The Hall–Kier alpha value is -1.62. The molecule has 0 saturated carbocycles. The molecule has 0 heterocycles. The lowest BCUT2D eigenvalue weighted by molar-refractivity contribution is 0.368. The summed E-state index contributed by atoms with van der Waals surface area (Å²) in [4.78, 5) is 0. The Bertz CT molecular complexity index is 505. The van der Waals surface area contributed by atoms with E-state index in [0.29, 0.717) is 18.8 Å². The lowest BCUT2D eigenvalue weighted by Crippen LogP contribution is -2.26. The van der Waals surface area contributed by atoms with Gasteiger partial charge in [-0.15, -0.1) is 0 Å². The van der Waals surface area contributed by atoms with Crippen molar-refractivity contribution in [3.63, 3.8) is 0 Å². The molecule has 0 spiro atoms. The Morgan fingerprint density at radius 1 is 1.33 bits per heavy atom. The Morgan fingerprint density at radius 3 is 2.56 bits per heavy atom. The summed E-state index contributed by atoms with van der Waals surface area (Å²) in [6.07, 6.45) is 0. The average molecular weight is 269 g/mol. The monoisotopic (exact) mass is 269 g/mol. The molecule has 0 bridgehead atoms. The number of primary sulfonamides is 1. The minimum atomic E-state index is -3.41. The minimum Gasteiger partial charge on any atom is -0.479 e. The molecule has 98 valence electrons. The summed E-state index contributed by atoms with van der Waals surface area (Å²) in [5, 5.41) is 16.2. The van der Waals surface area contributed by atoms with Crippen LogP contribution in [0.25, 0.3) is 0 Å². The standard InChI is InChI=1S/C11H15N3O3S/c12-5-7-17-11-3-1-10(2-4-11)9-14-6-8-18(13,15)16/h1-4,14H,6-9H2,(H2,13,15,16). The lowest BCUT2D eigenvalue weighted by atomic mass is 10.2. The van der Waals surface area contributed by atoms with Gasteiger partial charge in [-0.25, -0.2) is 13.6 Å². The highest BCUT2D eigenvalue weighted by Crippen LogP contribution is 2.11. The van der Waals surface area contributed by atoms with Crippen LogP contribution in [0.1, 0.15) is 5.56 Å². The van der Waals surface area contributed by atoms with Crippen molar-refractivity contribution in [1.82, 2.24) is 5.32 Å². The van der Waals surface area contributed by atoms with Gasteiger partial charge in [0.15, 0.2) is 6.61 Å². The molecule has 0 unspecified atom stereocenters. The van der Waals surface area contributed by atoms with Crippen molar-refractivity contribution in [2.45, 2.75) is 6.54 Å². The molecule has 0 fully saturated rings. The summed E-state index contributed by atoms with van der Waals surface area (Å²) < 4.78 is 26.5. The first-order valence-corrected chi connectivity index (χ1v) is 7.03. The van der Waals surface area contributed by atoms with Crippen molar-refractivity contribution in [3.05, 3.63) is 29.8 Å². The topological polar surface area (TPSA) is 105 Å². The first-order chi connectivity index (χ1) is 8.51. The van der Waals surface area contributed by atoms with Gasteiger partial charge in [0.1, 0.15) is 11.8 Å². The molecular formula is C11H15N3O3S. The van der Waals surface area contributed by atoms with Crippen molar-refractivity contribution in [2.24, 2.45) is 5.14 Å². The maximum Gasteiger partial charge on any atom is 0.210 e. The SMILES string of the molecule is N#CCOc1ccc(CNCCS(N)(=O)=O)cc1. The highest BCUT2D eigenvalue weighted by atomic mass is 32.2. The zero-order valence-corrected chi connectivity index (χ0v) is 10.6. The van der Waals surface area contributed by atoms with Crippen molar-refractivity contribution >= 4 is 10.0 Å². The fraction of sp³-hybridized carbons (Fsp3) is 0.364. The summed E-state index contributed by atoms with van der Waals surface area (Å²) in [6, 6.07) is 9.09. The Labute approximate surface area is 106 Å². The largest absolute Gasteiger partial charge is 0.479 e. The van der Waals surface area contributed by atoms with E-state index in [4.69, 9.17) is 15.1 Å². The predicted molar refractivity (Wildman–Crippen MR) is 67.2 cm³/mol. The molecule has 1 aromatic carbocycles. The number of hydrogen-bond donors (Lipinski definition) is 2. The quantitative estimate of drug-likeness (QED) is 0.676. The molecule has 0 amide bonds. The van der Waals surface area contributed by atoms with Gasteiger partial charge >= 0.3 is 0 Å².